The Bertz CT molecular complexity index is 3260. The quantitative estimate of drug-likeness (QED) is 0.142. The number of benzene rings is 7. The maximum absolute atomic E-state index is 9.47. The molecule has 0 aliphatic heterocycles. The van der Waals surface area contributed by atoms with Gasteiger partial charge in [-0.25, -0.2) is 0 Å². The molecule has 0 spiro atoms. The van der Waals surface area contributed by atoms with Gasteiger partial charge in [0.05, 0.1) is 22.4 Å². The van der Waals surface area contributed by atoms with E-state index in [1.54, 1.807) is 6.20 Å². The Morgan fingerprint density at radius 2 is 1.31 bits per heavy atom. The number of fused-ring (bicyclic) bond motifs is 4. The zero-order chi connectivity index (χ0) is 46.3. The van der Waals surface area contributed by atoms with Crippen LogP contribution in [-0.2, 0) is 20.1 Å². The van der Waals surface area contributed by atoms with Crippen LogP contribution in [0.2, 0.25) is 0 Å². The SMILES string of the molecule is [2H]C1(c2ccc3c(c2)oc2c(-c4nc5ccccc5n4-c4c(C(C)C)cc(-c5ccc(-c6ccccc6)cc5)cc4C(C)C)[c-]ccc23)CCC(C)(C)CC1.[Ir].[c-]1ccccc1-c1ccccn1. The van der Waals surface area contributed by atoms with Gasteiger partial charge in [-0.15, -0.1) is 54.1 Å². The summed E-state index contributed by atoms with van der Waals surface area (Å²) in [5.41, 5.74) is 16.4. The van der Waals surface area contributed by atoms with E-state index in [0.717, 1.165) is 86.9 Å². The maximum Gasteiger partial charge on any atom is 0.121 e. The molecule has 11 rings (SSSR count). The van der Waals surface area contributed by atoms with Crippen molar-refractivity contribution in [2.24, 2.45) is 5.41 Å². The third-order valence-electron chi connectivity index (χ3n) is 13.4. The van der Waals surface area contributed by atoms with Gasteiger partial charge in [-0.1, -0.05) is 143 Å². The molecule has 10 aromatic rings. The summed E-state index contributed by atoms with van der Waals surface area (Å²) < 4.78 is 18.7. The monoisotopic (exact) mass is 1050 g/mol. The number of imidazole rings is 1. The number of rotatable bonds is 8. The van der Waals surface area contributed by atoms with E-state index >= 15 is 0 Å². The summed E-state index contributed by atoms with van der Waals surface area (Å²) in [6.45, 7) is 13.8. The third kappa shape index (κ3) is 9.33. The van der Waals surface area contributed by atoms with Gasteiger partial charge < -0.3 is 14.0 Å². The first-order chi connectivity index (χ1) is 32.5. The molecule has 5 heteroatoms. The van der Waals surface area contributed by atoms with E-state index < -0.39 is 5.89 Å². The van der Waals surface area contributed by atoms with Gasteiger partial charge in [-0.05, 0) is 130 Å². The van der Waals surface area contributed by atoms with E-state index in [1.165, 1.54) is 39.1 Å². The number of pyridine rings is 1. The summed E-state index contributed by atoms with van der Waals surface area (Å²) in [5, 5.41) is 2.10. The van der Waals surface area contributed by atoms with E-state index in [1.807, 2.05) is 48.5 Å². The van der Waals surface area contributed by atoms with Crippen molar-refractivity contribution in [3.8, 4) is 50.6 Å². The molecule has 3 aromatic heterocycles. The topological polar surface area (TPSA) is 43.9 Å². The summed E-state index contributed by atoms with van der Waals surface area (Å²) in [6.07, 6.45) is 5.63. The van der Waals surface area contributed by atoms with Crippen LogP contribution >= 0.6 is 0 Å². The first-order valence-electron chi connectivity index (χ1n) is 24.0. The van der Waals surface area contributed by atoms with Gasteiger partial charge >= 0.3 is 0 Å². The molecule has 3 heterocycles. The molecule has 4 nitrogen and oxygen atoms in total. The van der Waals surface area contributed by atoms with Gasteiger partial charge in [0.2, 0.25) is 0 Å². The van der Waals surface area contributed by atoms with Crippen LogP contribution in [0.15, 0.2) is 174 Å². The third-order valence-corrected chi connectivity index (χ3v) is 13.4. The van der Waals surface area contributed by atoms with E-state index in [2.05, 4.69) is 178 Å². The molecular weight excluding hydrogens is 995 g/mol. The molecule has 0 N–H and O–H groups in total. The summed E-state index contributed by atoms with van der Waals surface area (Å²) in [6, 6.07) is 63.8. The van der Waals surface area contributed by atoms with E-state index in [9.17, 15) is 1.37 Å². The minimum Gasteiger partial charge on any atom is -0.501 e. The summed E-state index contributed by atoms with van der Waals surface area (Å²) >= 11 is 0. The van der Waals surface area contributed by atoms with Crippen LogP contribution in [0.1, 0.15) is 103 Å². The molecule has 337 valence electrons. The molecule has 1 aliphatic carbocycles. The van der Waals surface area contributed by atoms with Crippen molar-refractivity contribution >= 4 is 33.0 Å². The molecule has 0 unspecified atom stereocenters. The molecule has 0 bridgehead atoms. The number of nitrogens with zero attached hydrogens (tertiary/aromatic N) is 3. The first-order valence-corrected chi connectivity index (χ1v) is 23.5. The van der Waals surface area contributed by atoms with Crippen molar-refractivity contribution in [2.75, 3.05) is 0 Å². The van der Waals surface area contributed by atoms with Crippen molar-refractivity contribution in [2.45, 2.75) is 85.0 Å². The Morgan fingerprint density at radius 1 is 0.657 bits per heavy atom. The van der Waals surface area contributed by atoms with Crippen molar-refractivity contribution in [3.63, 3.8) is 0 Å². The summed E-state index contributed by atoms with van der Waals surface area (Å²) in [7, 11) is 0. The summed E-state index contributed by atoms with van der Waals surface area (Å²) in [5.74, 6) is 0.720. The number of hydrogen-bond donors (Lipinski definition) is 0. The zero-order valence-electron chi connectivity index (χ0n) is 40.2. The predicted molar refractivity (Wildman–Crippen MR) is 275 cm³/mol. The number of hydrogen-bond acceptors (Lipinski definition) is 3. The molecule has 0 atom stereocenters. The normalized spacial score (nSPS) is 14.5. The Kier molecular flexibility index (Phi) is 12.9. The van der Waals surface area contributed by atoms with Crippen LogP contribution < -0.4 is 0 Å². The van der Waals surface area contributed by atoms with Gasteiger partial charge in [-0.3, -0.25) is 4.98 Å². The van der Waals surface area contributed by atoms with Crippen LogP contribution in [0.25, 0.3) is 83.6 Å². The fourth-order valence-corrected chi connectivity index (χ4v) is 9.61. The average Bonchev–Trinajstić information content (AvgIpc) is 3.94. The van der Waals surface area contributed by atoms with Crippen LogP contribution in [0.5, 0.6) is 0 Å². The van der Waals surface area contributed by atoms with Crippen LogP contribution in [0.4, 0.5) is 0 Å². The van der Waals surface area contributed by atoms with Crippen molar-refractivity contribution in [3.05, 3.63) is 199 Å². The van der Waals surface area contributed by atoms with Gasteiger partial charge in [0, 0.05) is 38.7 Å². The molecule has 0 saturated heterocycles. The molecule has 7 aromatic carbocycles. The minimum atomic E-state index is -0.595. The van der Waals surface area contributed by atoms with Gasteiger partial charge in [0.25, 0.3) is 0 Å². The number of para-hydroxylation sites is 2. The molecule has 1 fully saturated rings. The van der Waals surface area contributed by atoms with Gasteiger partial charge in [0.1, 0.15) is 5.58 Å². The van der Waals surface area contributed by atoms with Gasteiger partial charge in [-0.2, -0.15) is 0 Å². The second-order valence-electron chi connectivity index (χ2n) is 19.2. The Hall–Kier alpha value is -6.39. The van der Waals surface area contributed by atoms with E-state index in [-0.39, 0.29) is 31.9 Å². The Labute approximate surface area is 410 Å². The van der Waals surface area contributed by atoms with Gasteiger partial charge in [0.15, 0.2) is 0 Å². The fourth-order valence-electron chi connectivity index (χ4n) is 9.61. The molecular formula is C62H57IrN3O-2. The standard InChI is InChI=1S/C51H49N2O.C11H8N.Ir/c1-32(2)43-29-39(36-21-19-35(20-22-36)34-13-8-7-9-14-34)30-44(33(3)4)48(43)53-46-18-11-10-17-45(46)52-50(53)42-16-12-15-41-40-24-23-38(31-47(40)54-49(41)42)37-25-27-51(5,6)28-26-37;1-2-6-10(7-3-1)11-8-4-5-9-12-11;/h7-15,17-24,29-33,37H,25-28H2,1-6H3;1-6,8-9H;/q2*-1;/i37D;;. The molecule has 1 aliphatic rings. The second-order valence-corrected chi connectivity index (χ2v) is 19.2. The predicted octanol–water partition coefficient (Wildman–Crippen LogP) is 17.2. The number of aromatic nitrogens is 3. The smallest absolute Gasteiger partial charge is 0.121 e. The second kappa shape index (κ2) is 19.4. The maximum atomic E-state index is 9.47. The van der Waals surface area contributed by atoms with E-state index in [4.69, 9.17) is 9.40 Å². The molecule has 1 saturated carbocycles. The minimum absolute atomic E-state index is 0. The molecule has 1 radical (unpaired) electrons. The molecule has 0 amide bonds. The first kappa shape index (κ1) is 44.4. The largest absolute Gasteiger partial charge is 0.501 e. The van der Waals surface area contributed by atoms with Crippen molar-refractivity contribution in [1.82, 2.24) is 14.5 Å². The zero-order valence-corrected chi connectivity index (χ0v) is 41.6. The Balaban J connectivity index is 0.000000386. The van der Waals surface area contributed by atoms with Crippen molar-refractivity contribution in [1.29, 1.82) is 0 Å². The average molecular weight is 1050 g/mol. The summed E-state index contributed by atoms with van der Waals surface area (Å²) in [4.78, 5) is 9.57. The van der Waals surface area contributed by atoms with Crippen molar-refractivity contribution < 1.29 is 25.9 Å². The van der Waals surface area contributed by atoms with Crippen LogP contribution in [-0.4, -0.2) is 14.5 Å². The Morgan fingerprint density at radius 3 is 1.99 bits per heavy atom. The number of furan rings is 1. The molecule has 67 heavy (non-hydrogen) atoms. The van der Waals surface area contributed by atoms with Crippen LogP contribution in [0, 0.1) is 17.5 Å². The van der Waals surface area contributed by atoms with E-state index in [0.29, 0.717) is 5.41 Å². The van der Waals surface area contributed by atoms with Crippen LogP contribution in [0.3, 0.4) is 0 Å². The fraction of sp³-hybridized carbons (Fsp3) is 0.226.